The van der Waals surface area contributed by atoms with Crippen LogP contribution >= 0.6 is 0 Å². The van der Waals surface area contributed by atoms with Crippen LogP contribution < -0.4 is 0 Å². The van der Waals surface area contributed by atoms with Crippen molar-refractivity contribution in [2.75, 3.05) is 6.61 Å². The Labute approximate surface area is 82.8 Å². The fourth-order valence-corrected chi connectivity index (χ4v) is 3.46. The third-order valence-electron chi connectivity index (χ3n) is 4.02. The zero-order chi connectivity index (χ0) is 9.87. The van der Waals surface area contributed by atoms with Crippen molar-refractivity contribution in [2.24, 2.45) is 29.6 Å². The minimum Gasteiger partial charge on any atom is -0.465 e. The van der Waals surface area contributed by atoms with Gasteiger partial charge >= 0.3 is 5.97 Å². The molecule has 0 amide bonds. The van der Waals surface area contributed by atoms with Crippen LogP contribution in [0, 0.1) is 29.6 Å². The lowest BCUT2D eigenvalue weighted by Crippen LogP contribution is -2.23. The maximum Gasteiger partial charge on any atom is 0.309 e. The summed E-state index contributed by atoms with van der Waals surface area (Å²) < 4.78 is 5.13. The number of hydrogen-bond acceptors (Lipinski definition) is 3. The van der Waals surface area contributed by atoms with E-state index in [-0.39, 0.29) is 23.7 Å². The van der Waals surface area contributed by atoms with Crippen LogP contribution in [-0.4, -0.2) is 18.4 Å². The predicted molar refractivity (Wildman–Crippen MR) is 48.3 cm³/mol. The highest BCUT2D eigenvalue weighted by molar-refractivity contribution is 5.98. The van der Waals surface area contributed by atoms with Crippen LogP contribution in [-0.2, 0) is 14.3 Å². The third-order valence-corrected chi connectivity index (χ3v) is 4.02. The zero-order valence-corrected chi connectivity index (χ0v) is 8.23. The van der Waals surface area contributed by atoms with E-state index in [1.807, 2.05) is 6.92 Å². The van der Waals surface area contributed by atoms with Gasteiger partial charge in [-0.05, 0) is 24.7 Å². The lowest BCUT2D eigenvalue weighted by atomic mass is 9.98. The van der Waals surface area contributed by atoms with Gasteiger partial charge in [-0.3, -0.25) is 9.59 Å². The molecule has 4 aliphatic carbocycles. The summed E-state index contributed by atoms with van der Waals surface area (Å²) in [6, 6.07) is 0. The summed E-state index contributed by atoms with van der Waals surface area (Å²) in [5.74, 6) is 1.36. The predicted octanol–water partition coefficient (Wildman–Crippen LogP) is 1.02. The number of ketones is 1. The highest BCUT2D eigenvalue weighted by Gasteiger charge is 2.75. The fraction of sp³-hybridized carbons (Fsp3) is 0.818. The van der Waals surface area contributed by atoms with Crippen molar-refractivity contribution in [1.82, 2.24) is 0 Å². The van der Waals surface area contributed by atoms with Gasteiger partial charge in [0.1, 0.15) is 5.78 Å². The minimum absolute atomic E-state index is 0.0272. The van der Waals surface area contributed by atoms with E-state index in [0.717, 1.165) is 12.8 Å². The summed E-state index contributed by atoms with van der Waals surface area (Å²) >= 11 is 0. The van der Waals surface area contributed by atoms with Crippen molar-refractivity contribution in [3.05, 3.63) is 0 Å². The number of carbonyl (C=O) groups is 2. The van der Waals surface area contributed by atoms with Gasteiger partial charge < -0.3 is 4.74 Å². The van der Waals surface area contributed by atoms with E-state index in [1.165, 1.54) is 0 Å². The van der Waals surface area contributed by atoms with Crippen molar-refractivity contribution in [1.29, 1.82) is 0 Å². The standard InChI is InChI=1S/C11H14O3/c1-2-3-14-11(13)9-6-4-5-7(9)8(5)10(6)12/h5-9H,2-4H2,1H3/t5?,6-,7-,8?,9?/m1/s1. The van der Waals surface area contributed by atoms with Crippen molar-refractivity contribution in [3.8, 4) is 0 Å². The van der Waals surface area contributed by atoms with Crippen LogP contribution in [0.5, 0.6) is 0 Å². The Balaban J connectivity index is 1.71. The topological polar surface area (TPSA) is 43.4 Å². The van der Waals surface area contributed by atoms with Gasteiger partial charge in [0.15, 0.2) is 0 Å². The van der Waals surface area contributed by atoms with E-state index in [4.69, 9.17) is 4.74 Å². The number of carbonyl (C=O) groups excluding carboxylic acids is 2. The number of rotatable bonds is 3. The Hall–Kier alpha value is -0.860. The van der Waals surface area contributed by atoms with Crippen LogP contribution in [0.25, 0.3) is 0 Å². The summed E-state index contributed by atoms with van der Waals surface area (Å²) in [5, 5.41) is 0. The van der Waals surface area contributed by atoms with E-state index in [2.05, 4.69) is 0 Å². The zero-order valence-electron chi connectivity index (χ0n) is 8.23. The third kappa shape index (κ3) is 0.830. The van der Waals surface area contributed by atoms with Crippen LogP contribution in [0.4, 0.5) is 0 Å². The normalized spacial score (nSPS) is 46.9. The van der Waals surface area contributed by atoms with Gasteiger partial charge in [0.05, 0.1) is 12.5 Å². The number of Topliss-reactive ketones (excluding diaryl/α,β-unsaturated/α-hetero) is 1. The average molecular weight is 194 g/mol. The summed E-state index contributed by atoms with van der Waals surface area (Å²) in [7, 11) is 0. The Bertz CT molecular complexity index is 310. The molecule has 0 aromatic carbocycles. The van der Waals surface area contributed by atoms with E-state index in [0.29, 0.717) is 24.2 Å². The van der Waals surface area contributed by atoms with Crippen molar-refractivity contribution >= 4 is 11.8 Å². The Morgan fingerprint density at radius 1 is 1.57 bits per heavy atom. The SMILES string of the molecule is CCCOC(=O)C1[C@@H]2C3C[C@H]1C(=O)C32. The average Bonchev–Trinajstić information content (AvgIpc) is 2.51. The quantitative estimate of drug-likeness (QED) is 0.630. The lowest BCUT2D eigenvalue weighted by molar-refractivity contribution is -0.150. The largest absolute Gasteiger partial charge is 0.465 e. The van der Waals surface area contributed by atoms with Gasteiger partial charge in [0.2, 0.25) is 0 Å². The van der Waals surface area contributed by atoms with Crippen LogP contribution in [0.1, 0.15) is 19.8 Å². The number of ether oxygens (including phenoxy) is 1. The minimum atomic E-state index is -0.113. The highest BCUT2D eigenvalue weighted by atomic mass is 16.5. The summed E-state index contributed by atoms with van der Waals surface area (Å²) in [5.41, 5.74) is 0. The second-order valence-electron chi connectivity index (χ2n) is 4.70. The molecule has 0 aromatic rings. The van der Waals surface area contributed by atoms with E-state index in [9.17, 15) is 9.59 Å². The summed E-state index contributed by atoms with van der Waals surface area (Å²) in [6.07, 6.45) is 1.81. The molecule has 3 unspecified atom stereocenters. The summed E-state index contributed by atoms with van der Waals surface area (Å²) in [6.45, 7) is 2.48. The van der Waals surface area contributed by atoms with Gasteiger partial charge in [-0.15, -0.1) is 0 Å². The molecule has 0 N–H and O–H groups in total. The Morgan fingerprint density at radius 3 is 2.79 bits per heavy atom. The molecule has 0 radical (unpaired) electrons. The fourth-order valence-electron chi connectivity index (χ4n) is 3.46. The van der Waals surface area contributed by atoms with Crippen LogP contribution in [0.3, 0.4) is 0 Å². The summed E-state index contributed by atoms with van der Waals surface area (Å²) in [4.78, 5) is 23.2. The van der Waals surface area contributed by atoms with E-state index < -0.39 is 0 Å². The maximum atomic E-state index is 11.6. The van der Waals surface area contributed by atoms with Gasteiger partial charge in [0, 0.05) is 11.8 Å². The molecular formula is C11H14O3. The molecule has 0 spiro atoms. The second kappa shape index (κ2) is 2.59. The van der Waals surface area contributed by atoms with E-state index in [1.54, 1.807) is 0 Å². The first-order valence-corrected chi connectivity index (χ1v) is 5.46. The molecule has 3 nitrogen and oxygen atoms in total. The molecular weight excluding hydrogens is 180 g/mol. The van der Waals surface area contributed by atoms with Crippen molar-refractivity contribution in [2.45, 2.75) is 19.8 Å². The van der Waals surface area contributed by atoms with E-state index >= 15 is 0 Å². The molecule has 5 atom stereocenters. The monoisotopic (exact) mass is 194 g/mol. The molecule has 4 saturated carbocycles. The van der Waals surface area contributed by atoms with Crippen LogP contribution in [0.15, 0.2) is 0 Å². The van der Waals surface area contributed by atoms with Gasteiger partial charge in [-0.2, -0.15) is 0 Å². The highest BCUT2D eigenvalue weighted by Crippen LogP contribution is 2.71. The molecule has 4 aliphatic rings. The van der Waals surface area contributed by atoms with Crippen molar-refractivity contribution < 1.29 is 14.3 Å². The molecule has 76 valence electrons. The molecule has 3 heteroatoms. The molecule has 14 heavy (non-hydrogen) atoms. The maximum absolute atomic E-state index is 11.6. The molecule has 0 aromatic heterocycles. The Kier molecular flexibility index (Phi) is 1.56. The second-order valence-corrected chi connectivity index (χ2v) is 4.70. The molecule has 4 bridgehead atoms. The first-order chi connectivity index (χ1) is 6.75. The van der Waals surface area contributed by atoms with Gasteiger partial charge in [0.25, 0.3) is 0 Å². The number of esters is 1. The number of hydrogen-bond donors (Lipinski definition) is 0. The van der Waals surface area contributed by atoms with Gasteiger partial charge in [-0.25, -0.2) is 0 Å². The van der Waals surface area contributed by atoms with Gasteiger partial charge in [-0.1, -0.05) is 6.92 Å². The lowest BCUT2D eigenvalue weighted by Gasteiger charge is -2.12. The smallest absolute Gasteiger partial charge is 0.309 e. The first kappa shape index (κ1) is 8.45. The first-order valence-electron chi connectivity index (χ1n) is 5.46. The molecule has 0 heterocycles. The van der Waals surface area contributed by atoms with Crippen molar-refractivity contribution in [3.63, 3.8) is 0 Å². The Morgan fingerprint density at radius 2 is 2.36 bits per heavy atom. The molecule has 4 fully saturated rings. The molecule has 4 rings (SSSR count). The van der Waals surface area contributed by atoms with Crippen LogP contribution in [0.2, 0.25) is 0 Å². The molecule has 0 saturated heterocycles. The molecule has 0 aliphatic heterocycles.